The van der Waals surface area contributed by atoms with E-state index in [0.29, 0.717) is 35.7 Å². The summed E-state index contributed by atoms with van der Waals surface area (Å²) >= 11 is 0. The Morgan fingerprint density at radius 3 is 2.74 bits per heavy atom. The summed E-state index contributed by atoms with van der Waals surface area (Å²) in [4.78, 5) is 0. The summed E-state index contributed by atoms with van der Waals surface area (Å²) in [6.45, 7) is 0.465. The summed E-state index contributed by atoms with van der Waals surface area (Å²) in [5.41, 5.74) is 7.14. The molecule has 3 rings (SSSR count). The standard InChI is InChI=1S/C13H12FN5/c14-10-4-2-1-3-9(10)11-5-6-12-16-17-13(7-8-15)19(12)18-11/h1-6H,7-8,15H2. The Hall–Kier alpha value is -2.34. The first-order chi connectivity index (χ1) is 9.29. The van der Waals surface area contributed by atoms with Crippen molar-refractivity contribution in [3.05, 3.63) is 48.0 Å². The van der Waals surface area contributed by atoms with E-state index in [-0.39, 0.29) is 5.82 Å². The van der Waals surface area contributed by atoms with Crippen LogP contribution in [0.2, 0.25) is 0 Å². The van der Waals surface area contributed by atoms with Crippen molar-refractivity contribution in [3.63, 3.8) is 0 Å². The van der Waals surface area contributed by atoms with E-state index in [1.807, 2.05) is 0 Å². The summed E-state index contributed by atoms with van der Waals surface area (Å²) in [5, 5.41) is 12.4. The van der Waals surface area contributed by atoms with Gasteiger partial charge in [-0.05, 0) is 30.8 Å². The molecule has 0 radical (unpaired) electrons. The molecule has 0 bridgehead atoms. The Morgan fingerprint density at radius 2 is 1.95 bits per heavy atom. The highest BCUT2D eigenvalue weighted by atomic mass is 19.1. The minimum atomic E-state index is -0.303. The first-order valence-corrected chi connectivity index (χ1v) is 5.96. The fraction of sp³-hybridized carbons (Fsp3) is 0.154. The van der Waals surface area contributed by atoms with E-state index in [2.05, 4.69) is 15.3 Å². The van der Waals surface area contributed by atoms with Crippen molar-refractivity contribution >= 4 is 5.65 Å². The third-order valence-electron chi connectivity index (χ3n) is 2.85. The lowest BCUT2D eigenvalue weighted by atomic mass is 10.1. The van der Waals surface area contributed by atoms with Crippen LogP contribution in [0, 0.1) is 5.82 Å². The Labute approximate surface area is 108 Å². The normalized spacial score (nSPS) is 11.1. The second-order valence-electron chi connectivity index (χ2n) is 4.12. The number of rotatable bonds is 3. The van der Waals surface area contributed by atoms with Gasteiger partial charge >= 0.3 is 0 Å². The molecule has 0 aliphatic carbocycles. The van der Waals surface area contributed by atoms with Crippen LogP contribution in [0.15, 0.2) is 36.4 Å². The van der Waals surface area contributed by atoms with Crippen LogP contribution in [0.4, 0.5) is 4.39 Å². The highest BCUT2D eigenvalue weighted by Gasteiger charge is 2.10. The average molecular weight is 257 g/mol. The maximum absolute atomic E-state index is 13.7. The molecule has 19 heavy (non-hydrogen) atoms. The molecule has 0 saturated heterocycles. The molecule has 6 heteroatoms. The van der Waals surface area contributed by atoms with Gasteiger partial charge in [-0.25, -0.2) is 4.39 Å². The van der Waals surface area contributed by atoms with Crippen LogP contribution >= 0.6 is 0 Å². The molecule has 1 aromatic carbocycles. The van der Waals surface area contributed by atoms with Gasteiger partial charge in [-0.2, -0.15) is 9.61 Å². The minimum absolute atomic E-state index is 0.303. The lowest BCUT2D eigenvalue weighted by Gasteiger charge is -2.03. The van der Waals surface area contributed by atoms with Crippen LogP contribution in [0.3, 0.4) is 0 Å². The largest absolute Gasteiger partial charge is 0.330 e. The predicted octanol–water partition coefficient (Wildman–Crippen LogP) is 1.43. The van der Waals surface area contributed by atoms with Crippen LogP contribution in [-0.4, -0.2) is 26.4 Å². The maximum Gasteiger partial charge on any atom is 0.177 e. The number of aromatic nitrogens is 4. The topological polar surface area (TPSA) is 69.1 Å². The molecule has 0 spiro atoms. The number of nitrogens with two attached hydrogens (primary N) is 1. The van der Waals surface area contributed by atoms with Gasteiger partial charge in [0.1, 0.15) is 5.82 Å². The summed E-state index contributed by atoms with van der Waals surface area (Å²) < 4.78 is 15.4. The van der Waals surface area contributed by atoms with E-state index < -0.39 is 0 Å². The van der Waals surface area contributed by atoms with E-state index >= 15 is 0 Å². The van der Waals surface area contributed by atoms with Crippen LogP contribution in [-0.2, 0) is 6.42 Å². The van der Waals surface area contributed by atoms with Gasteiger partial charge < -0.3 is 5.73 Å². The van der Waals surface area contributed by atoms with Crippen LogP contribution < -0.4 is 5.73 Å². The van der Waals surface area contributed by atoms with Gasteiger partial charge in [-0.3, -0.25) is 0 Å². The van der Waals surface area contributed by atoms with Gasteiger partial charge in [0, 0.05) is 12.0 Å². The van der Waals surface area contributed by atoms with Crippen molar-refractivity contribution in [2.45, 2.75) is 6.42 Å². The molecule has 0 aliphatic rings. The molecule has 0 amide bonds. The maximum atomic E-state index is 13.7. The molecule has 2 heterocycles. The van der Waals surface area contributed by atoms with Crippen molar-refractivity contribution in [1.82, 2.24) is 19.8 Å². The molecular formula is C13H12FN5. The van der Waals surface area contributed by atoms with E-state index in [0.717, 1.165) is 0 Å². The zero-order chi connectivity index (χ0) is 13.2. The number of nitrogens with zero attached hydrogens (tertiary/aromatic N) is 4. The van der Waals surface area contributed by atoms with Crippen molar-refractivity contribution in [2.24, 2.45) is 5.73 Å². The van der Waals surface area contributed by atoms with Crippen molar-refractivity contribution < 1.29 is 4.39 Å². The van der Waals surface area contributed by atoms with Gasteiger partial charge in [0.15, 0.2) is 11.5 Å². The molecule has 5 nitrogen and oxygen atoms in total. The molecule has 0 unspecified atom stereocenters. The smallest absolute Gasteiger partial charge is 0.177 e. The Kier molecular flexibility index (Phi) is 2.92. The van der Waals surface area contributed by atoms with Crippen LogP contribution in [0.25, 0.3) is 16.9 Å². The van der Waals surface area contributed by atoms with E-state index in [4.69, 9.17) is 5.73 Å². The van der Waals surface area contributed by atoms with Crippen LogP contribution in [0.5, 0.6) is 0 Å². The zero-order valence-corrected chi connectivity index (χ0v) is 10.1. The van der Waals surface area contributed by atoms with Crippen molar-refractivity contribution in [2.75, 3.05) is 6.54 Å². The molecule has 0 fully saturated rings. The predicted molar refractivity (Wildman–Crippen MR) is 68.9 cm³/mol. The van der Waals surface area contributed by atoms with E-state index in [1.165, 1.54) is 6.07 Å². The monoisotopic (exact) mass is 257 g/mol. The quantitative estimate of drug-likeness (QED) is 0.770. The number of halogens is 1. The molecule has 2 aromatic heterocycles. The lowest BCUT2D eigenvalue weighted by Crippen LogP contribution is -2.08. The van der Waals surface area contributed by atoms with E-state index in [1.54, 1.807) is 34.8 Å². The van der Waals surface area contributed by atoms with Crippen LogP contribution in [0.1, 0.15) is 5.82 Å². The zero-order valence-electron chi connectivity index (χ0n) is 10.1. The summed E-state index contributed by atoms with van der Waals surface area (Å²) in [7, 11) is 0. The van der Waals surface area contributed by atoms with Gasteiger partial charge in [-0.1, -0.05) is 12.1 Å². The third kappa shape index (κ3) is 2.06. The molecule has 96 valence electrons. The summed E-state index contributed by atoms with van der Waals surface area (Å²) in [6, 6.07) is 10.0. The van der Waals surface area contributed by atoms with Crippen molar-refractivity contribution in [1.29, 1.82) is 0 Å². The SMILES string of the molecule is NCCc1nnc2ccc(-c3ccccc3F)nn12. The summed E-state index contributed by atoms with van der Waals surface area (Å²) in [5.74, 6) is 0.374. The fourth-order valence-electron chi connectivity index (χ4n) is 1.93. The first kappa shape index (κ1) is 11.7. The number of hydrogen-bond acceptors (Lipinski definition) is 4. The van der Waals surface area contributed by atoms with Gasteiger partial charge in [0.25, 0.3) is 0 Å². The molecule has 0 aliphatic heterocycles. The number of benzene rings is 1. The average Bonchev–Trinajstić information content (AvgIpc) is 2.82. The second-order valence-corrected chi connectivity index (χ2v) is 4.12. The lowest BCUT2D eigenvalue weighted by molar-refractivity contribution is 0.630. The molecular weight excluding hydrogens is 245 g/mol. The van der Waals surface area contributed by atoms with Gasteiger partial charge in [0.2, 0.25) is 0 Å². The Morgan fingerprint density at radius 1 is 1.11 bits per heavy atom. The molecule has 2 N–H and O–H groups in total. The Bertz CT molecular complexity index is 722. The van der Waals surface area contributed by atoms with Gasteiger partial charge in [-0.15, -0.1) is 10.2 Å². The number of hydrogen-bond donors (Lipinski definition) is 1. The van der Waals surface area contributed by atoms with Crippen molar-refractivity contribution in [3.8, 4) is 11.3 Å². The third-order valence-corrected chi connectivity index (χ3v) is 2.85. The molecule has 0 atom stereocenters. The first-order valence-electron chi connectivity index (χ1n) is 5.96. The number of fused-ring (bicyclic) bond motifs is 1. The minimum Gasteiger partial charge on any atom is -0.330 e. The molecule has 3 aromatic rings. The van der Waals surface area contributed by atoms with Gasteiger partial charge in [0.05, 0.1) is 5.69 Å². The summed E-state index contributed by atoms with van der Waals surface area (Å²) in [6.07, 6.45) is 0.578. The highest BCUT2D eigenvalue weighted by Crippen LogP contribution is 2.20. The fourth-order valence-corrected chi connectivity index (χ4v) is 1.93. The highest BCUT2D eigenvalue weighted by molar-refractivity contribution is 5.60. The van der Waals surface area contributed by atoms with E-state index in [9.17, 15) is 4.39 Å². The second kappa shape index (κ2) is 4.74. The Balaban J connectivity index is 2.15. The molecule has 0 saturated carbocycles.